The zero-order valence-electron chi connectivity index (χ0n) is 22.3. The maximum absolute atomic E-state index is 13.4. The number of aliphatic hydroxyl groups excluding tert-OH is 1. The van der Waals surface area contributed by atoms with Crippen LogP contribution in [0.15, 0.2) is 48.2 Å². The molecule has 1 aliphatic rings. The summed E-state index contributed by atoms with van der Waals surface area (Å²) in [6, 6.07) is 10.5. The van der Waals surface area contributed by atoms with Crippen LogP contribution < -0.4 is 4.74 Å². The Morgan fingerprint density at radius 3 is 2.41 bits per heavy atom. The standard InChI is InChI=1S/C29H36N4O4/c1-6-18-37-22-13-11-21(12-14-22)25-23(27(35)29(36)33(25)17-16-31(7-2)8-3)26(34)24-20(5)32-15-9-10-19(4)28(32)30-24/h9-15,25,34H,6-8,16-18H2,1-5H3/b26-23+. The number of fused-ring (bicyclic) bond motifs is 1. The number of ether oxygens (including phenoxy) is 1. The molecule has 1 atom stereocenters. The molecule has 1 saturated heterocycles. The molecular formula is C29H36N4O4. The molecule has 1 unspecified atom stereocenters. The monoisotopic (exact) mass is 504 g/mol. The number of likely N-dealkylation sites (N-methyl/N-ethyl adjacent to an activating group) is 1. The maximum Gasteiger partial charge on any atom is 0.295 e. The first-order valence-electron chi connectivity index (χ1n) is 13.0. The van der Waals surface area contributed by atoms with Crippen LogP contribution in [0.2, 0.25) is 0 Å². The first-order valence-corrected chi connectivity index (χ1v) is 13.0. The van der Waals surface area contributed by atoms with Gasteiger partial charge in [0.1, 0.15) is 17.1 Å². The van der Waals surface area contributed by atoms with Gasteiger partial charge in [0, 0.05) is 19.3 Å². The quantitative estimate of drug-likeness (QED) is 0.248. The van der Waals surface area contributed by atoms with Crippen LogP contribution in [-0.4, -0.2) is 68.8 Å². The molecule has 1 fully saturated rings. The first kappa shape index (κ1) is 26.4. The number of amides is 1. The number of carbonyl (C=O) groups is 2. The summed E-state index contributed by atoms with van der Waals surface area (Å²) in [5.74, 6) is -0.831. The van der Waals surface area contributed by atoms with Crippen molar-refractivity contribution in [3.63, 3.8) is 0 Å². The number of likely N-dealkylation sites (tertiary alicyclic amines) is 1. The van der Waals surface area contributed by atoms with E-state index >= 15 is 0 Å². The van der Waals surface area contributed by atoms with E-state index in [0.29, 0.717) is 36.7 Å². The summed E-state index contributed by atoms with van der Waals surface area (Å²) < 4.78 is 7.61. The molecule has 196 valence electrons. The van der Waals surface area contributed by atoms with Crippen molar-refractivity contribution in [2.45, 2.75) is 47.1 Å². The van der Waals surface area contributed by atoms with Gasteiger partial charge in [-0.1, -0.05) is 39.0 Å². The number of hydrogen-bond donors (Lipinski definition) is 1. The van der Waals surface area contributed by atoms with Crippen LogP contribution in [-0.2, 0) is 9.59 Å². The summed E-state index contributed by atoms with van der Waals surface area (Å²) in [7, 11) is 0. The lowest BCUT2D eigenvalue weighted by Crippen LogP contribution is -2.38. The van der Waals surface area contributed by atoms with Gasteiger partial charge in [0.2, 0.25) is 0 Å². The number of benzene rings is 1. The lowest BCUT2D eigenvalue weighted by molar-refractivity contribution is -0.140. The van der Waals surface area contributed by atoms with E-state index in [4.69, 9.17) is 4.74 Å². The van der Waals surface area contributed by atoms with Gasteiger partial charge in [-0.05, 0) is 62.7 Å². The van der Waals surface area contributed by atoms with Crippen molar-refractivity contribution in [3.05, 3.63) is 70.7 Å². The molecule has 4 rings (SSSR count). The van der Waals surface area contributed by atoms with E-state index in [-0.39, 0.29) is 11.3 Å². The SMILES string of the molecule is CCCOc1ccc(C2/C(=C(\O)c3nc4c(C)cccn4c3C)C(=O)C(=O)N2CCN(CC)CC)cc1. The molecular weight excluding hydrogens is 468 g/mol. The number of ketones is 1. The number of aromatic nitrogens is 2. The molecule has 3 heterocycles. The second-order valence-electron chi connectivity index (χ2n) is 9.37. The Morgan fingerprint density at radius 2 is 1.78 bits per heavy atom. The predicted molar refractivity (Wildman–Crippen MR) is 144 cm³/mol. The Labute approximate surface area is 218 Å². The number of imidazole rings is 1. The van der Waals surface area contributed by atoms with Gasteiger partial charge in [-0.2, -0.15) is 0 Å². The molecule has 2 aromatic heterocycles. The summed E-state index contributed by atoms with van der Waals surface area (Å²) in [6.07, 6.45) is 2.77. The van der Waals surface area contributed by atoms with Crippen LogP contribution in [0.1, 0.15) is 55.7 Å². The largest absolute Gasteiger partial charge is 0.505 e. The highest BCUT2D eigenvalue weighted by molar-refractivity contribution is 6.46. The number of nitrogens with zero attached hydrogens (tertiary/aromatic N) is 4. The van der Waals surface area contributed by atoms with Crippen LogP contribution in [0.3, 0.4) is 0 Å². The third-order valence-electron chi connectivity index (χ3n) is 7.07. The number of rotatable bonds is 10. The van der Waals surface area contributed by atoms with Crippen molar-refractivity contribution in [1.82, 2.24) is 19.2 Å². The number of pyridine rings is 1. The van der Waals surface area contributed by atoms with Crippen molar-refractivity contribution in [3.8, 4) is 5.75 Å². The Morgan fingerprint density at radius 1 is 1.08 bits per heavy atom. The predicted octanol–water partition coefficient (Wildman–Crippen LogP) is 4.50. The summed E-state index contributed by atoms with van der Waals surface area (Å²) in [6.45, 7) is 13.2. The molecule has 1 N–H and O–H groups in total. The Kier molecular flexibility index (Phi) is 7.97. The molecule has 8 nitrogen and oxygen atoms in total. The molecule has 1 aromatic carbocycles. The molecule has 0 aliphatic carbocycles. The van der Waals surface area contributed by atoms with Gasteiger partial charge in [0.25, 0.3) is 11.7 Å². The number of Topliss-reactive ketones (excluding diaryl/α,β-unsaturated/α-hetero) is 1. The second kappa shape index (κ2) is 11.2. The van der Waals surface area contributed by atoms with Gasteiger partial charge < -0.3 is 24.0 Å². The highest BCUT2D eigenvalue weighted by Gasteiger charge is 2.46. The summed E-state index contributed by atoms with van der Waals surface area (Å²) >= 11 is 0. The highest BCUT2D eigenvalue weighted by Crippen LogP contribution is 2.40. The number of hydrogen-bond acceptors (Lipinski definition) is 6. The average molecular weight is 505 g/mol. The number of carbonyl (C=O) groups excluding carboxylic acids is 2. The van der Waals surface area contributed by atoms with Crippen LogP contribution >= 0.6 is 0 Å². The van der Waals surface area contributed by atoms with Crippen LogP contribution in [0.4, 0.5) is 0 Å². The van der Waals surface area contributed by atoms with Gasteiger partial charge in [-0.15, -0.1) is 0 Å². The molecule has 0 saturated carbocycles. The van der Waals surface area contributed by atoms with Crippen molar-refractivity contribution in [2.75, 3.05) is 32.8 Å². The zero-order chi connectivity index (χ0) is 26.7. The molecule has 1 aliphatic heterocycles. The fourth-order valence-electron chi connectivity index (χ4n) is 4.89. The minimum absolute atomic E-state index is 0.0657. The highest BCUT2D eigenvalue weighted by atomic mass is 16.5. The van der Waals surface area contributed by atoms with Crippen molar-refractivity contribution >= 4 is 23.1 Å². The minimum atomic E-state index is -0.721. The Bertz CT molecular complexity index is 1320. The van der Waals surface area contributed by atoms with E-state index in [2.05, 4.69) is 23.7 Å². The maximum atomic E-state index is 13.4. The van der Waals surface area contributed by atoms with Gasteiger partial charge in [0.05, 0.1) is 23.9 Å². The van der Waals surface area contributed by atoms with Gasteiger partial charge in [-0.25, -0.2) is 4.98 Å². The Balaban J connectivity index is 1.83. The normalized spacial score (nSPS) is 17.4. The van der Waals surface area contributed by atoms with E-state index in [1.807, 2.05) is 67.8 Å². The molecule has 1 amide bonds. The van der Waals surface area contributed by atoms with Crippen molar-refractivity contribution < 1.29 is 19.4 Å². The molecule has 0 bridgehead atoms. The molecule has 8 heteroatoms. The minimum Gasteiger partial charge on any atom is -0.505 e. The van der Waals surface area contributed by atoms with Crippen molar-refractivity contribution in [1.29, 1.82) is 0 Å². The third kappa shape index (κ3) is 4.98. The topological polar surface area (TPSA) is 87.4 Å². The number of aliphatic hydroxyl groups is 1. The lowest BCUT2D eigenvalue weighted by atomic mass is 9.96. The smallest absolute Gasteiger partial charge is 0.295 e. The van der Waals surface area contributed by atoms with E-state index in [1.54, 1.807) is 4.90 Å². The third-order valence-corrected chi connectivity index (χ3v) is 7.07. The number of aryl methyl sites for hydroxylation is 2. The van der Waals surface area contributed by atoms with E-state index < -0.39 is 17.7 Å². The molecule has 0 spiro atoms. The fourth-order valence-corrected chi connectivity index (χ4v) is 4.89. The van der Waals surface area contributed by atoms with E-state index in [1.165, 1.54) is 0 Å². The average Bonchev–Trinajstić information content (AvgIpc) is 3.38. The molecule has 0 radical (unpaired) electrons. The summed E-state index contributed by atoms with van der Waals surface area (Å²) in [5, 5.41) is 11.5. The molecule has 37 heavy (non-hydrogen) atoms. The zero-order valence-corrected chi connectivity index (χ0v) is 22.3. The summed E-state index contributed by atoms with van der Waals surface area (Å²) in [4.78, 5) is 35.2. The van der Waals surface area contributed by atoms with E-state index in [9.17, 15) is 14.7 Å². The van der Waals surface area contributed by atoms with Gasteiger partial charge in [0.15, 0.2) is 5.76 Å². The van der Waals surface area contributed by atoms with E-state index in [0.717, 1.165) is 36.4 Å². The van der Waals surface area contributed by atoms with Gasteiger partial charge in [-0.3, -0.25) is 9.59 Å². The summed E-state index contributed by atoms with van der Waals surface area (Å²) in [5.41, 5.74) is 3.46. The second-order valence-corrected chi connectivity index (χ2v) is 9.37. The molecule has 3 aromatic rings. The first-order chi connectivity index (χ1) is 17.8. The Hall–Kier alpha value is -3.65. The van der Waals surface area contributed by atoms with Crippen LogP contribution in [0.5, 0.6) is 5.75 Å². The van der Waals surface area contributed by atoms with Crippen molar-refractivity contribution in [2.24, 2.45) is 0 Å². The lowest BCUT2D eigenvalue weighted by Gasteiger charge is -2.28. The van der Waals surface area contributed by atoms with Gasteiger partial charge >= 0.3 is 0 Å². The van der Waals surface area contributed by atoms with Crippen LogP contribution in [0, 0.1) is 13.8 Å². The van der Waals surface area contributed by atoms with Crippen LogP contribution in [0.25, 0.3) is 11.4 Å². The fraction of sp³-hybridized carbons (Fsp3) is 0.414.